The van der Waals surface area contributed by atoms with Crippen LogP contribution < -0.4 is 0 Å². The molecule has 1 saturated carbocycles. The van der Waals surface area contributed by atoms with Crippen LogP contribution >= 0.6 is 0 Å². The molecule has 0 aromatic rings. The lowest BCUT2D eigenvalue weighted by molar-refractivity contribution is -0.173. The molecule has 0 aromatic heterocycles. The Bertz CT molecular complexity index is 358. The Morgan fingerprint density at radius 2 is 1.60 bits per heavy atom. The molecule has 0 aromatic carbocycles. The van der Waals surface area contributed by atoms with Crippen LogP contribution in [0.1, 0.15) is 47.5 Å². The summed E-state index contributed by atoms with van der Waals surface area (Å²) in [6.45, 7) is 9.48. The number of carbonyl (C=O) groups is 2. The standard InChI is InChI=1S/C15H26O5/c1-6-19-12(17)11(13(18)20-7-2)15(5)9-8-10(16)14(15,3)4/h10-11,16H,6-9H2,1-5H3/t10-,15-/m0/s1. The minimum absolute atomic E-state index is 0.216. The first kappa shape index (κ1) is 17.0. The minimum Gasteiger partial charge on any atom is -0.465 e. The van der Waals surface area contributed by atoms with Crippen molar-refractivity contribution >= 4 is 11.9 Å². The molecular formula is C15H26O5. The summed E-state index contributed by atoms with van der Waals surface area (Å²) in [6, 6.07) is 0. The average Bonchev–Trinajstić information content (AvgIpc) is 2.54. The van der Waals surface area contributed by atoms with Crippen LogP contribution in [-0.2, 0) is 19.1 Å². The van der Waals surface area contributed by atoms with Crippen LogP contribution in [0.2, 0.25) is 0 Å². The van der Waals surface area contributed by atoms with Gasteiger partial charge in [0.1, 0.15) is 0 Å². The van der Waals surface area contributed by atoms with Gasteiger partial charge in [0.05, 0.1) is 19.3 Å². The van der Waals surface area contributed by atoms with Gasteiger partial charge in [-0.15, -0.1) is 0 Å². The van der Waals surface area contributed by atoms with E-state index in [0.717, 1.165) is 0 Å². The fraction of sp³-hybridized carbons (Fsp3) is 0.867. The Kier molecular flexibility index (Phi) is 5.19. The van der Waals surface area contributed by atoms with Crippen molar-refractivity contribution in [3.63, 3.8) is 0 Å². The Morgan fingerprint density at radius 3 is 1.90 bits per heavy atom. The molecule has 5 heteroatoms. The van der Waals surface area contributed by atoms with Crippen molar-refractivity contribution in [3.8, 4) is 0 Å². The molecule has 0 bridgehead atoms. The molecule has 20 heavy (non-hydrogen) atoms. The summed E-state index contributed by atoms with van der Waals surface area (Å²) in [5, 5.41) is 10.2. The third kappa shape index (κ3) is 2.68. The van der Waals surface area contributed by atoms with Gasteiger partial charge in [0.15, 0.2) is 5.92 Å². The largest absolute Gasteiger partial charge is 0.465 e. The highest BCUT2D eigenvalue weighted by Gasteiger charge is 2.60. The summed E-state index contributed by atoms with van der Waals surface area (Å²) in [7, 11) is 0. The smallest absolute Gasteiger partial charge is 0.320 e. The van der Waals surface area contributed by atoms with Gasteiger partial charge >= 0.3 is 11.9 Å². The van der Waals surface area contributed by atoms with Crippen LogP contribution in [-0.4, -0.2) is 36.4 Å². The highest BCUT2D eigenvalue weighted by molar-refractivity contribution is 5.96. The lowest BCUT2D eigenvalue weighted by Gasteiger charge is -2.43. The van der Waals surface area contributed by atoms with Crippen molar-refractivity contribution in [1.82, 2.24) is 0 Å². The van der Waals surface area contributed by atoms with Crippen molar-refractivity contribution in [2.45, 2.75) is 53.6 Å². The molecule has 116 valence electrons. The van der Waals surface area contributed by atoms with Crippen LogP contribution in [0.25, 0.3) is 0 Å². The zero-order valence-corrected chi connectivity index (χ0v) is 13.1. The van der Waals surface area contributed by atoms with E-state index < -0.39 is 34.8 Å². The zero-order valence-electron chi connectivity index (χ0n) is 13.1. The van der Waals surface area contributed by atoms with Crippen LogP contribution in [0.15, 0.2) is 0 Å². The number of rotatable bonds is 5. The summed E-state index contributed by atoms with van der Waals surface area (Å²) >= 11 is 0. The molecule has 1 N–H and O–H groups in total. The van der Waals surface area contributed by atoms with E-state index in [1.165, 1.54) is 0 Å². The van der Waals surface area contributed by atoms with E-state index in [4.69, 9.17) is 9.47 Å². The molecule has 0 saturated heterocycles. The van der Waals surface area contributed by atoms with E-state index in [1.807, 2.05) is 20.8 Å². The minimum atomic E-state index is -0.991. The molecule has 0 heterocycles. The van der Waals surface area contributed by atoms with E-state index in [-0.39, 0.29) is 13.2 Å². The second-order valence-electron chi connectivity index (χ2n) is 6.13. The predicted octanol–water partition coefficient (Wildman–Crippen LogP) is 1.92. The van der Waals surface area contributed by atoms with E-state index in [9.17, 15) is 14.7 Å². The number of aliphatic hydroxyl groups is 1. The fourth-order valence-corrected chi connectivity index (χ4v) is 3.08. The number of hydrogen-bond acceptors (Lipinski definition) is 5. The van der Waals surface area contributed by atoms with Crippen LogP contribution in [0, 0.1) is 16.7 Å². The second kappa shape index (κ2) is 6.12. The lowest BCUT2D eigenvalue weighted by atomic mass is 9.61. The van der Waals surface area contributed by atoms with Gasteiger partial charge in [0.25, 0.3) is 0 Å². The number of aliphatic hydroxyl groups excluding tert-OH is 1. The lowest BCUT2D eigenvalue weighted by Crippen LogP contribution is -2.49. The van der Waals surface area contributed by atoms with Crippen molar-refractivity contribution in [1.29, 1.82) is 0 Å². The van der Waals surface area contributed by atoms with Gasteiger partial charge < -0.3 is 14.6 Å². The summed E-state index contributed by atoms with van der Waals surface area (Å²) in [6.07, 6.45) is 0.612. The molecule has 5 nitrogen and oxygen atoms in total. The molecule has 1 rings (SSSR count). The molecule has 1 aliphatic carbocycles. The SMILES string of the molecule is CCOC(=O)C(C(=O)OCC)[C@]1(C)CC[C@H](O)C1(C)C. The zero-order chi connectivity index (χ0) is 15.6. The Morgan fingerprint density at radius 1 is 1.15 bits per heavy atom. The van der Waals surface area contributed by atoms with E-state index >= 15 is 0 Å². The molecule has 1 aliphatic rings. The Balaban J connectivity index is 3.16. The maximum Gasteiger partial charge on any atom is 0.320 e. The number of carbonyl (C=O) groups excluding carboxylic acids is 2. The Hall–Kier alpha value is -1.10. The summed E-state index contributed by atoms with van der Waals surface area (Å²) in [5.41, 5.74) is -1.23. The van der Waals surface area contributed by atoms with Crippen molar-refractivity contribution in [3.05, 3.63) is 0 Å². The fourth-order valence-electron chi connectivity index (χ4n) is 3.08. The van der Waals surface area contributed by atoms with Crippen molar-refractivity contribution in [2.75, 3.05) is 13.2 Å². The molecule has 2 atom stereocenters. The third-order valence-corrected chi connectivity index (χ3v) is 4.92. The van der Waals surface area contributed by atoms with Gasteiger partial charge in [-0.3, -0.25) is 9.59 Å². The van der Waals surface area contributed by atoms with Gasteiger partial charge in [-0.1, -0.05) is 20.8 Å². The second-order valence-corrected chi connectivity index (χ2v) is 6.13. The van der Waals surface area contributed by atoms with E-state index in [1.54, 1.807) is 13.8 Å². The first-order valence-electron chi connectivity index (χ1n) is 7.23. The van der Waals surface area contributed by atoms with Gasteiger partial charge in [-0.25, -0.2) is 0 Å². The van der Waals surface area contributed by atoms with Gasteiger partial charge in [0.2, 0.25) is 0 Å². The maximum atomic E-state index is 12.2. The van der Waals surface area contributed by atoms with Crippen LogP contribution in [0.3, 0.4) is 0 Å². The monoisotopic (exact) mass is 286 g/mol. The van der Waals surface area contributed by atoms with Crippen LogP contribution in [0.4, 0.5) is 0 Å². The van der Waals surface area contributed by atoms with Gasteiger partial charge in [-0.05, 0) is 37.5 Å². The molecule has 0 amide bonds. The van der Waals surface area contributed by atoms with Crippen molar-refractivity contribution in [2.24, 2.45) is 16.7 Å². The summed E-state index contributed by atoms with van der Waals surface area (Å²) in [5.74, 6) is -2.11. The number of ether oxygens (including phenoxy) is 2. The van der Waals surface area contributed by atoms with Crippen LogP contribution in [0.5, 0.6) is 0 Å². The first-order valence-corrected chi connectivity index (χ1v) is 7.23. The van der Waals surface area contributed by atoms with E-state index in [0.29, 0.717) is 12.8 Å². The Labute approximate surface area is 120 Å². The number of hydrogen-bond donors (Lipinski definition) is 1. The molecule has 0 spiro atoms. The quantitative estimate of drug-likeness (QED) is 0.617. The molecular weight excluding hydrogens is 260 g/mol. The maximum absolute atomic E-state index is 12.2. The summed E-state index contributed by atoms with van der Waals surface area (Å²) in [4.78, 5) is 24.5. The summed E-state index contributed by atoms with van der Waals surface area (Å²) < 4.78 is 10.1. The first-order chi connectivity index (χ1) is 9.22. The van der Waals surface area contributed by atoms with Crippen molar-refractivity contribution < 1.29 is 24.2 Å². The molecule has 0 aliphatic heterocycles. The van der Waals surface area contributed by atoms with Gasteiger partial charge in [-0.2, -0.15) is 0 Å². The molecule has 1 fully saturated rings. The van der Waals surface area contributed by atoms with E-state index in [2.05, 4.69) is 0 Å². The third-order valence-electron chi connectivity index (χ3n) is 4.92. The number of esters is 2. The molecule has 0 unspecified atom stereocenters. The van der Waals surface area contributed by atoms with Gasteiger partial charge in [0, 0.05) is 0 Å². The average molecular weight is 286 g/mol. The predicted molar refractivity (Wildman–Crippen MR) is 73.9 cm³/mol. The normalized spacial score (nSPS) is 28.4. The topological polar surface area (TPSA) is 72.8 Å². The highest BCUT2D eigenvalue weighted by atomic mass is 16.6. The molecule has 0 radical (unpaired) electrons. The highest BCUT2D eigenvalue weighted by Crippen LogP contribution is 2.57.